The standard InChI is InChI=1S/C34H38Cl2N2O2/c1-6-7-8-12-17-33(2,3)24-18-29(39-22-23-13-10-9-11-14-23)31-30(19-24)40-34(4,5)26-21-37-38(32(26)31)25-15-16-27(35)28(36)20-25/h9-11,13-16,18-21H,6-8,12,17,22H2,1-5H3. The Morgan fingerprint density at radius 1 is 0.950 bits per heavy atom. The molecular formula is C34H38Cl2N2O2. The fourth-order valence-electron chi connectivity index (χ4n) is 5.45. The highest BCUT2D eigenvalue weighted by Crippen LogP contribution is 2.52. The van der Waals surface area contributed by atoms with E-state index < -0.39 is 5.60 Å². The van der Waals surface area contributed by atoms with Crippen molar-refractivity contribution in [3.8, 4) is 28.4 Å². The van der Waals surface area contributed by atoms with Crippen LogP contribution < -0.4 is 9.47 Å². The molecule has 4 aromatic rings. The van der Waals surface area contributed by atoms with Crippen molar-refractivity contribution >= 4 is 23.2 Å². The fraction of sp³-hybridized carbons (Fsp3) is 0.382. The van der Waals surface area contributed by atoms with E-state index in [0.29, 0.717) is 16.7 Å². The van der Waals surface area contributed by atoms with Gasteiger partial charge in [-0.05, 0) is 67.1 Å². The molecule has 0 aliphatic carbocycles. The fourth-order valence-corrected chi connectivity index (χ4v) is 5.75. The highest BCUT2D eigenvalue weighted by Gasteiger charge is 2.39. The third-order valence-corrected chi connectivity index (χ3v) is 8.65. The van der Waals surface area contributed by atoms with Crippen molar-refractivity contribution in [3.05, 3.63) is 93.6 Å². The molecule has 210 valence electrons. The van der Waals surface area contributed by atoms with E-state index in [-0.39, 0.29) is 5.41 Å². The SMILES string of the molecule is CCCCCCC(C)(C)c1cc(OCc2ccccc2)c2c(c1)OC(C)(C)c1cnn(-c3ccc(Cl)c(Cl)c3)c1-2. The van der Waals surface area contributed by atoms with E-state index in [4.69, 9.17) is 37.8 Å². The zero-order valence-electron chi connectivity index (χ0n) is 24.1. The Balaban J connectivity index is 1.65. The minimum Gasteiger partial charge on any atom is -0.488 e. The van der Waals surface area contributed by atoms with Crippen LogP contribution in [0.25, 0.3) is 16.9 Å². The Hall–Kier alpha value is -2.95. The summed E-state index contributed by atoms with van der Waals surface area (Å²) in [6.07, 6.45) is 7.92. The van der Waals surface area contributed by atoms with Crippen molar-refractivity contribution < 1.29 is 9.47 Å². The zero-order chi connectivity index (χ0) is 28.5. The molecule has 3 aromatic carbocycles. The van der Waals surface area contributed by atoms with Crippen LogP contribution >= 0.6 is 23.2 Å². The Morgan fingerprint density at radius 2 is 1.73 bits per heavy atom. The quantitative estimate of drug-likeness (QED) is 0.176. The summed E-state index contributed by atoms with van der Waals surface area (Å²) in [6.45, 7) is 11.5. The summed E-state index contributed by atoms with van der Waals surface area (Å²) < 4.78 is 15.3. The van der Waals surface area contributed by atoms with Gasteiger partial charge in [0.1, 0.15) is 23.7 Å². The van der Waals surface area contributed by atoms with Crippen molar-refractivity contribution in [2.24, 2.45) is 0 Å². The topological polar surface area (TPSA) is 36.3 Å². The van der Waals surface area contributed by atoms with Crippen LogP contribution in [0.15, 0.2) is 66.9 Å². The van der Waals surface area contributed by atoms with Gasteiger partial charge in [0.05, 0.1) is 33.2 Å². The van der Waals surface area contributed by atoms with E-state index in [0.717, 1.165) is 46.0 Å². The second kappa shape index (κ2) is 11.5. The van der Waals surface area contributed by atoms with Gasteiger partial charge < -0.3 is 9.47 Å². The Labute approximate surface area is 248 Å². The number of hydrogen-bond acceptors (Lipinski definition) is 3. The molecule has 1 aliphatic rings. The summed E-state index contributed by atoms with van der Waals surface area (Å²) in [7, 11) is 0. The molecule has 0 radical (unpaired) electrons. The van der Waals surface area contributed by atoms with Gasteiger partial charge in [0, 0.05) is 5.56 Å². The van der Waals surface area contributed by atoms with Crippen molar-refractivity contribution in [3.63, 3.8) is 0 Å². The van der Waals surface area contributed by atoms with Crippen LogP contribution in [0, 0.1) is 0 Å². The molecule has 4 nitrogen and oxygen atoms in total. The van der Waals surface area contributed by atoms with Gasteiger partial charge in [-0.2, -0.15) is 5.10 Å². The third kappa shape index (κ3) is 5.75. The summed E-state index contributed by atoms with van der Waals surface area (Å²) in [5, 5.41) is 5.79. The third-order valence-electron chi connectivity index (χ3n) is 7.91. The number of hydrogen-bond donors (Lipinski definition) is 0. The second-order valence-corrected chi connectivity index (χ2v) is 12.7. The monoisotopic (exact) mass is 576 g/mol. The molecule has 0 spiro atoms. The number of nitrogens with zero attached hydrogens (tertiary/aromatic N) is 2. The molecule has 0 fully saturated rings. The first-order chi connectivity index (χ1) is 19.1. The number of aromatic nitrogens is 2. The highest BCUT2D eigenvalue weighted by atomic mass is 35.5. The van der Waals surface area contributed by atoms with Crippen molar-refractivity contribution in [2.75, 3.05) is 0 Å². The molecule has 40 heavy (non-hydrogen) atoms. The highest BCUT2D eigenvalue weighted by molar-refractivity contribution is 6.42. The molecule has 0 bridgehead atoms. The van der Waals surface area contributed by atoms with Gasteiger partial charge in [0.15, 0.2) is 0 Å². The largest absolute Gasteiger partial charge is 0.488 e. The van der Waals surface area contributed by atoms with Gasteiger partial charge in [0.2, 0.25) is 0 Å². The average molecular weight is 578 g/mol. The molecule has 0 unspecified atom stereocenters. The van der Waals surface area contributed by atoms with Crippen molar-refractivity contribution in [2.45, 2.75) is 84.3 Å². The number of fused-ring (bicyclic) bond motifs is 3. The summed E-state index contributed by atoms with van der Waals surface area (Å²) >= 11 is 12.7. The van der Waals surface area contributed by atoms with Crippen LogP contribution in [0.1, 0.15) is 83.4 Å². The average Bonchev–Trinajstić information content (AvgIpc) is 3.38. The van der Waals surface area contributed by atoms with Crippen LogP contribution in [0.2, 0.25) is 10.0 Å². The normalized spacial score (nSPS) is 13.9. The first kappa shape index (κ1) is 28.6. The van der Waals surface area contributed by atoms with Gasteiger partial charge in [-0.1, -0.05) is 100.0 Å². The van der Waals surface area contributed by atoms with Crippen LogP contribution in [0.5, 0.6) is 11.5 Å². The molecule has 0 saturated heterocycles. The van der Waals surface area contributed by atoms with Crippen molar-refractivity contribution in [1.29, 1.82) is 0 Å². The molecule has 1 aromatic heterocycles. The van der Waals surface area contributed by atoms with Crippen LogP contribution in [-0.4, -0.2) is 9.78 Å². The maximum Gasteiger partial charge on any atom is 0.134 e. The molecule has 2 heterocycles. The Morgan fingerprint density at radius 3 is 2.45 bits per heavy atom. The summed E-state index contributed by atoms with van der Waals surface area (Å²) in [6, 6.07) is 20.2. The maximum atomic E-state index is 6.73. The van der Waals surface area contributed by atoms with Crippen LogP contribution in [0.3, 0.4) is 0 Å². The first-order valence-electron chi connectivity index (χ1n) is 14.2. The lowest BCUT2D eigenvalue weighted by atomic mass is 9.78. The Kier molecular flexibility index (Phi) is 8.22. The predicted octanol–water partition coefficient (Wildman–Crippen LogP) is 10.3. The lowest BCUT2D eigenvalue weighted by Crippen LogP contribution is -2.30. The molecule has 0 atom stereocenters. The van der Waals surface area contributed by atoms with E-state index in [1.54, 1.807) is 6.07 Å². The van der Waals surface area contributed by atoms with E-state index in [9.17, 15) is 0 Å². The van der Waals surface area contributed by atoms with Gasteiger partial charge in [0.25, 0.3) is 0 Å². The van der Waals surface area contributed by atoms with E-state index in [1.165, 1.54) is 31.2 Å². The number of halogens is 2. The number of unbranched alkanes of at least 4 members (excludes halogenated alkanes) is 3. The number of rotatable bonds is 10. The molecule has 5 rings (SSSR count). The van der Waals surface area contributed by atoms with Gasteiger partial charge >= 0.3 is 0 Å². The van der Waals surface area contributed by atoms with E-state index in [1.807, 2.05) is 41.2 Å². The molecule has 0 amide bonds. The van der Waals surface area contributed by atoms with Gasteiger partial charge in [-0.25, -0.2) is 4.68 Å². The van der Waals surface area contributed by atoms with E-state index in [2.05, 4.69) is 58.9 Å². The molecule has 1 aliphatic heterocycles. The second-order valence-electron chi connectivity index (χ2n) is 11.8. The molecule has 0 N–H and O–H groups in total. The lowest BCUT2D eigenvalue weighted by molar-refractivity contribution is 0.104. The number of benzene rings is 3. The van der Waals surface area contributed by atoms with E-state index >= 15 is 0 Å². The lowest BCUT2D eigenvalue weighted by Gasteiger charge is -2.35. The summed E-state index contributed by atoms with van der Waals surface area (Å²) in [5.41, 5.74) is 5.36. The predicted molar refractivity (Wildman–Crippen MR) is 165 cm³/mol. The minimum atomic E-state index is -0.586. The van der Waals surface area contributed by atoms with Gasteiger partial charge in [-0.15, -0.1) is 0 Å². The van der Waals surface area contributed by atoms with Gasteiger partial charge in [-0.3, -0.25) is 0 Å². The first-order valence-corrected chi connectivity index (χ1v) is 14.9. The van der Waals surface area contributed by atoms with Crippen LogP contribution in [0.4, 0.5) is 0 Å². The zero-order valence-corrected chi connectivity index (χ0v) is 25.6. The molecular weight excluding hydrogens is 539 g/mol. The Bertz CT molecular complexity index is 1490. The summed E-state index contributed by atoms with van der Waals surface area (Å²) in [4.78, 5) is 0. The van der Waals surface area contributed by atoms with Crippen LogP contribution in [-0.2, 0) is 17.6 Å². The maximum absolute atomic E-state index is 6.73. The smallest absolute Gasteiger partial charge is 0.134 e. The number of ether oxygens (including phenoxy) is 2. The molecule has 6 heteroatoms. The minimum absolute atomic E-state index is 0.0364. The molecule has 0 saturated carbocycles. The summed E-state index contributed by atoms with van der Waals surface area (Å²) in [5.74, 6) is 1.60. The van der Waals surface area contributed by atoms with Crippen molar-refractivity contribution in [1.82, 2.24) is 9.78 Å².